The molecule has 0 radical (unpaired) electrons. The molecular weight excluding hydrogens is 218 g/mol. The largest absolute Gasteiger partial charge is 0.391 e. The van der Waals surface area contributed by atoms with E-state index in [0.29, 0.717) is 0 Å². The first-order chi connectivity index (χ1) is 7.75. The summed E-state index contributed by atoms with van der Waals surface area (Å²) in [6.07, 6.45) is 6.78. The van der Waals surface area contributed by atoms with E-state index in [9.17, 15) is 10.4 Å². The van der Waals surface area contributed by atoms with Crippen molar-refractivity contribution in [2.75, 3.05) is 11.5 Å². The molecule has 0 aromatic heterocycles. The molecule has 0 bridgehead atoms. The average molecular weight is 241 g/mol. The Hall–Kier alpha value is -0.200. The van der Waals surface area contributed by atoms with Crippen LogP contribution < -0.4 is 0 Å². The van der Waals surface area contributed by atoms with Crippen molar-refractivity contribution in [3.8, 4) is 6.07 Å². The molecular formula is C13H23NOS. The van der Waals surface area contributed by atoms with Crippen LogP contribution in [0.4, 0.5) is 0 Å². The highest BCUT2D eigenvalue weighted by Gasteiger charge is 2.37. The fourth-order valence-electron chi connectivity index (χ4n) is 2.49. The topological polar surface area (TPSA) is 44.0 Å². The van der Waals surface area contributed by atoms with E-state index in [-0.39, 0.29) is 0 Å². The van der Waals surface area contributed by atoms with Gasteiger partial charge in [-0.1, -0.05) is 32.6 Å². The second kappa shape index (κ2) is 7.19. The van der Waals surface area contributed by atoms with Crippen molar-refractivity contribution < 1.29 is 5.11 Å². The maximum Gasteiger partial charge on any atom is 0.0832 e. The Labute approximate surface area is 103 Å². The molecule has 1 fully saturated rings. The predicted octanol–water partition coefficient (Wildman–Crippen LogP) is 3.35. The molecule has 1 atom stereocenters. The van der Waals surface area contributed by atoms with Gasteiger partial charge in [-0.15, -0.1) is 0 Å². The lowest BCUT2D eigenvalue weighted by Gasteiger charge is -2.30. The summed E-state index contributed by atoms with van der Waals surface area (Å²) in [5, 5.41) is 19.6. The van der Waals surface area contributed by atoms with Gasteiger partial charge in [0, 0.05) is 0 Å². The number of aliphatic hydroxyl groups excluding tert-OH is 1. The summed E-state index contributed by atoms with van der Waals surface area (Å²) < 4.78 is 0. The molecule has 1 unspecified atom stereocenters. The van der Waals surface area contributed by atoms with E-state index in [1.54, 1.807) is 0 Å². The molecule has 1 aliphatic carbocycles. The van der Waals surface area contributed by atoms with Crippen LogP contribution in [0.5, 0.6) is 0 Å². The van der Waals surface area contributed by atoms with Crippen molar-refractivity contribution in [3.05, 3.63) is 0 Å². The third-order valence-corrected chi connectivity index (χ3v) is 4.53. The Balaban J connectivity index is 2.52. The number of hydrogen-bond acceptors (Lipinski definition) is 3. The second-order valence-corrected chi connectivity index (χ2v) is 6.08. The quantitative estimate of drug-likeness (QED) is 0.593. The van der Waals surface area contributed by atoms with Crippen LogP contribution in [-0.2, 0) is 0 Å². The van der Waals surface area contributed by atoms with Gasteiger partial charge in [-0.05, 0) is 30.8 Å². The fraction of sp³-hybridized carbons (Fsp3) is 0.923. The van der Waals surface area contributed by atoms with Gasteiger partial charge in [0.15, 0.2) is 0 Å². The summed E-state index contributed by atoms with van der Waals surface area (Å²) in [5.41, 5.74) is -0.440. The Morgan fingerprint density at radius 3 is 2.44 bits per heavy atom. The monoisotopic (exact) mass is 241 g/mol. The van der Waals surface area contributed by atoms with E-state index < -0.39 is 11.5 Å². The van der Waals surface area contributed by atoms with Crippen LogP contribution >= 0.6 is 11.8 Å². The second-order valence-electron chi connectivity index (χ2n) is 4.68. The van der Waals surface area contributed by atoms with Crippen molar-refractivity contribution in [1.82, 2.24) is 0 Å². The van der Waals surface area contributed by atoms with E-state index in [0.717, 1.165) is 43.6 Å². The number of thioether (sulfide) groups is 1. The lowest BCUT2D eigenvalue weighted by atomic mass is 9.76. The first kappa shape index (κ1) is 13.9. The van der Waals surface area contributed by atoms with Gasteiger partial charge < -0.3 is 5.11 Å². The molecule has 0 heterocycles. The lowest BCUT2D eigenvalue weighted by molar-refractivity contribution is 0.0505. The molecule has 0 aliphatic heterocycles. The molecule has 1 rings (SSSR count). The van der Waals surface area contributed by atoms with Crippen LogP contribution in [0.15, 0.2) is 0 Å². The molecule has 16 heavy (non-hydrogen) atoms. The molecule has 1 saturated carbocycles. The minimum atomic E-state index is -0.440. The molecule has 0 amide bonds. The molecule has 1 N–H and O–H groups in total. The summed E-state index contributed by atoms with van der Waals surface area (Å²) in [6.45, 7) is 2.13. The van der Waals surface area contributed by atoms with Crippen LogP contribution in [0.2, 0.25) is 0 Å². The highest BCUT2D eigenvalue weighted by Crippen LogP contribution is 2.38. The summed E-state index contributed by atoms with van der Waals surface area (Å²) in [6, 6.07) is 2.42. The smallest absolute Gasteiger partial charge is 0.0832 e. The van der Waals surface area contributed by atoms with Gasteiger partial charge in [-0.3, -0.25) is 0 Å². The predicted molar refractivity (Wildman–Crippen MR) is 69.4 cm³/mol. The van der Waals surface area contributed by atoms with Crippen LogP contribution in [0.3, 0.4) is 0 Å². The normalized spacial score (nSPS) is 22.1. The lowest BCUT2D eigenvalue weighted by Crippen LogP contribution is -2.34. The van der Waals surface area contributed by atoms with Gasteiger partial charge in [0.1, 0.15) is 0 Å². The van der Waals surface area contributed by atoms with Crippen molar-refractivity contribution >= 4 is 11.8 Å². The zero-order chi connectivity index (χ0) is 11.9. The van der Waals surface area contributed by atoms with E-state index in [1.807, 2.05) is 11.8 Å². The number of aliphatic hydroxyl groups is 1. The average Bonchev–Trinajstić information content (AvgIpc) is 2.55. The van der Waals surface area contributed by atoms with Gasteiger partial charge in [0.2, 0.25) is 0 Å². The zero-order valence-electron chi connectivity index (χ0n) is 10.2. The number of hydrogen-bond donors (Lipinski definition) is 1. The van der Waals surface area contributed by atoms with E-state index >= 15 is 0 Å². The first-order valence-electron chi connectivity index (χ1n) is 6.42. The van der Waals surface area contributed by atoms with Crippen LogP contribution in [0.25, 0.3) is 0 Å². The summed E-state index contributed by atoms with van der Waals surface area (Å²) in [7, 11) is 0. The number of rotatable bonds is 5. The van der Waals surface area contributed by atoms with Gasteiger partial charge in [0.05, 0.1) is 17.6 Å². The van der Waals surface area contributed by atoms with Crippen molar-refractivity contribution in [1.29, 1.82) is 5.26 Å². The molecule has 1 aliphatic rings. The minimum Gasteiger partial charge on any atom is -0.391 e. The van der Waals surface area contributed by atoms with Gasteiger partial charge >= 0.3 is 0 Å². The number of nitriles is 1. The Morgan fingerprint density at radius 1 is 1.31 bits per heavy atom. The van der Waals surface area contributed by atoms with Crippen molar-refractivity contribution in [2.24, 2.45) is 5.41 Å². The summed E-state index contributed by atoms with van der Waals surface area (Å²) >= 11 is 1.85. The third kappa shape index (κ3) is 3.68. The Bertz CT molecular complexity index is 229. The van der Waals surface area contributed by atoms with Gasteiger partial charge in [-0.2, -0.15) is 17.0 Å². The van der Waals surface area contributed by atoms with E-state index in [1.165, 1.54) is 12.8 Å². The van der Waals surface area contributed by atoms with Crippen molar-refractivity contribution in [2.45, 2.75) is 58.0 Å². The van der Waals surface area contributed by atoms with E-state index in [2.05, 4.69) is 13.0 Å². The molecule has 92 valence electrons. The van der Waals surface area contributed by atoms with Gasteiger partial charge in [-0.25, -0.2) is 0 Å². The summed E-state index contributed by atoms with van der Waals surface area (Å²) in [4.78, 5) is 0. The molecule has 0 aromatic carbocycles. The standard InChI is InChI=1S/C13H23NOS/c1-2-16-10-7-12(15)13(11-14)8-5-3-4-6-9-13/h12,15H,2-10H2,1H3. The van der Waals surface area contributed by atoms with E-state index in [4.69, 9.17) is 0 Å². The highest BCUT2D eigenvalue weighted by molar-refractivity contribution is 7.99. The van der Waals surface area contributed by atoms with Crippen LogP contribution in [0, 0.1) is 16.7 Å². The van der Waals surface area contributed by atoms with Crippen LogP contribution in [0.1, 0.15) is 51.9 Å². The Kier molecular flexibility index (Phi) is 6.23. The van der Waals surface area contributed by atoms with Crippen LogP contribution in [-0.4, -0.2) is 22.7 Å². The van der Waals surface area contributed by atoms with Crippen molar-refractivity contribution in [3.63, 3.8) is 0 Å². The molecule has 0 saturated heterocycles. The van der Waals surface area contributed by atoms with Gasteiger partial charge in [0.25, 0.3) is 0 Å². The minimum absolute atomic E-state index is 0.422. The number of nitrogens with zero attached hydrogens (tertiary/aromatic N) is 1. The SMILES string of the molecule is CCSCCC(O)C1(C#N)CCCCCC1. The highest BCUT2D eigenvalue weighted by atomic mass is 32.2. The zero-order valence-corrected chi connectivity index (χ0v) is 11.1. The molecule has 0 spiro atoms. The third-order valence-electron chi connectivity index (χ3n) is 3.60. The maximum absolute atomic E-state index is 10.2. The molecule has 0 aromatic rings. The molecule has 3 heteroatoms. The molecule has 2 nitrogen and oxygen atoms in total. The summed E-state index contributed by atoms with van der Waals surface area (Å²) in [5.74, 6) is 2.06. The fourth-order valence-corrected chi connectivity index (χ4v) is 3.17. The first-order valence-corrected chi connectivity index (χ1v) is 7.57. The Morgan fingerprint density at radius 2 is 1.94 bits per heavy atom. The maximum atomic E-state index is 10.2.